The van der Waals surface area contributed by atoms with Crippen molar-refractivity contribution >= 4 is 23.3 Å². The van der Waals surface area contributed by atoms with Crippen LogP contribution in [-0.2, 0) is 14.3 Å². The molecule has 0 bridgehead atoms. The maximum absolute atomic E-state index is 12.3. The summed E-state index contributed by atoms with van der Waals surface area (Å²) >= 11 is 0. The summed E-state index contributed by atoms with van der Waals surface area (Å²) in [4.78, 5) is 36.9. The molecule has 0 spiro atoms. The molecule has 26 heavy (non-hydrogen) atoms. The Kier molecular flexibility index (Phi) is 5.39. The van der Waals surface area contributed by atoms with Crippen molar-refractivity contribution in [2.45, 2.75) is 51.2 Å². The largest absolute Gasteiger partial charge is 0.460 e. The van der Waals surface area contributed by atoms with Crippen molar-refractivity contribution in [2.75, 3.05) is 18.0 Å². The number of cyclic esters (lactones) is 1. The molecule has 0 unspecified atom stereocenters. The molecule has 0 saturated carbocycles. The van der Waals surface area contributed by atoms with Crippen LogP contribution in [0.15, 0.2) is 18.2 Å². The van der Waals surface area contributed by atoms with Crippen molar-refractivity contribution in [1.82, 2.24) is 0 Å². The van der Waals surface area contributed by atoms with Crippen molar-refractivity contribution in [3.05, 3.63) is 33.9 Å². The third-order valence-corrected chi connectivity index (χ3v) is 4.73. The molecule has 0 amide bonds. The van der Waals surface area contributed by atoms with Gasteiger partial charge in [-0.15, -0.1) is 0 Å². The van der Waals surface area contributed by atoms with Crippen LogP contribution in [0.2, 0.25) is 0 Å². The van der Waals surface area contributed by atoms with Gasteiger partial charge in [0.25, 0.3) is 5.69 Å². The second-order valence-electron chi connectivity index (χ2n) is 6.74. The summed E-state index contributed by atoms with van der Waals surface area (Å²) in [6.07, 6.45) is 3.24. The molecule has 8 heteroatoms. The Morgan fingerprint density at radius 3 is 2.54 bits per heavy atom. The predicted molar refractivity (Wildman–Crippen MR) is 93.2 cm³/mol. The minimum Gasteiger partial charge on any atom is -0.460 e. The van der Waals surface area contributed by atoms with E-state index in [4.69, 9.17) is 9.47 Å². The van der Waals surface area contributed by atoms with Gasteiger partial charge >= 0.3 is 11.9 Å². The molecule has 0 aliphatic carbocycles. The van der Waals surface area contributed by atoms with E-state index in [2.05, 4.69) is 0 Å². The first-order valence-electron chi connectivity index (χ1n) is 8.90. The van der Waals surface area contributed by atoms with E-state index in [1.807, 2.05) is 4.90 Å². The average molecular weight is 362 g/mol. The van der Waals surface area contributed by atoms with E-state index in [9.17, 15) is 19.7 Å². The highest BCUT2D eigenvalue weighted by atomic mass is 16.6. The van der Waals surface area contributed by atoms with E-state index in [-0.39, 0.29) is 17.4 Å². The van der Waals surface area contributed by atoms with Gasteiger partial charge in [-0.05, 0) is 31.9 Å². The van der Waals surface area contributed by atoms with Gasteiger partial charge in [0.05, 0.1) is 10.5 Å². The summed E-state index contributed by atoms with van der Waals surface area (Å²) in [6.45, 7) is 3.24. The lowest BCUT2D eigenvalue weighted by Crippen LogP contribution is -2.25. The minimum absolute atomic E-state index is 0.0580. The van der Waals surface area contributed by atoms with E-state index in [1.165, 1.54) is 12.1 Å². The fraction of sp³-hybridized carbons (Fsp3) is 0.556. The van der Waals surface area contributed by atoms with Gasteiger partial charge in [-0.25, -0.2) is 9.59 Å². The number of rotatable bonds is 4. The standard InChI is InChI=1S/C18H22N2O6/c1-12-10-16(18(22)25-12)26-17(21)13-6-7-14(15(11-13)20(23)24)19-8-4-2-3-5-9-19/h6-7,11-12,16H,2-5,8-10H2,1H3/t12-,16+/m1/s1. The molecule has 2 heterocycles. The van der Waals surface area contributed by atoms with Gasteiger partial charge in [0.1, 0.15) is 11.8 Å². The van der Waals surface area contributed by atoms with Crippen molar-refractivity contribution in [3.63, 3.8) is 0 Å². The van der Waals surface area contributed by atoms with Gasteiger partial charge in [0.15, 0.2) is 0 Å². The zero-order valence-corrected chi connectivity index (χ0v) is 14.7. The molecule has 2 aliphatic rings. The Morgan fingerprint density at radius 1 is 1.27 bits per heavy atom. The molecule has 1 aromatic rings. The molecule has 0 radical (unpaired) electrons. The number of carbonyl (C=O) groups is 2. The van der Waals surface area contributed by atoms with Crippen LogP contribution in [0.5, 0.6) is 0 Å². The van der Waals surface area contributed by atoms with Gasteiger partial charge in [0.2, 0.25) is 6.10 Å². The van der Waals surface area contributed by atoms with Crippen LogP contribution in [-0.4, -0.2) is 42.2 Å². The number of esters is 2. The first kappa shape index (κ1) is 18.2. The molecule has 140 valence electrons. The molecule has 0 N–H and O–H groups in total. The number of nitrogens with zero attached hydrogens (tertiary/aromatic N) is 2. The van der Waals surface area contributed by atoms with Crippen molar-refractivity contribution in [2.24, 2.45) is 0 Å². The molecule has 0 aromatic heterocycles. The van der Waals surface area contributed by atoms with E-state index in [0.717, 1.165) is 38.8 Å². The Hall–Kier alpha value is -2.64. The second kappa shape index (κ2) is 7.72. The molecule has 1 aromatic carbocycles. The number of hydrogen-bond acceptors (Lipinski definition) is 7. The van der Waals surface area contributed by atoms with Gasteiger partial charge in [-0.2, -0.15) is 0 Å². The van der Waals surface area contributed by atoms with Crippen LogP contribution >= 0.6 is 0 Å². The number of ether oxygens (including phenoxy) is 2. The molecule has 2 atom stereocenters. The number of carbonyl (C=O) groups excluding carboxylic acids is 2. The quantitative estimate of drug-likeness (QED) is 0.461. The summed E-state index contributed by atoms with van der Waals surface area (Å²) in [5, 5.41) is 11.5. The summed E-state index contributed by atoms with van der Waals surface area (Å²) in [5.41, 5.74) is 0.452. The first-order valence-corrected chi connectivity index (χ1v) is 8.90. The zero-order chi connectivity index (χ0) is 18.7. The third-order valence-electron chi connectivity index (χ3n) is 4.73. The topological polar surface area (TPSA) is 99.0 Å². The predicted octanol–water partition coefficient (Wildman–Crippen LogP) is 2.84. The third kappa shape index (κ3) is 3.95. The number of benzene rings is 1. The molecule has 2 aliphatic heterocycles. The van der Waals surface area contributed by atoms with E-state index in [1.54, 1.807) is 13.0 Å². The minimum atomic E-state index is -0.957. The Labute approximate surface area is 151 Å². The molecule has 2 fully saturated rings. The summed E-state index contributed by atoms with van der Waals surface area (Å²) in [7, 11) is 0. The Bertz CT molecular complexity index is 712. The van der Waals surface area contributed by atoms with E-state index >= 15 is 0 Å². The monoisotopic (exact) mass is 362 g/mol. The summed E-state index contributed by atoms with van der Waals surface area (Å²) in [5.74, 6) is -1.34. The van der Waals surface area contributed by atoms with Crippen molar-refractivity contribution in [3.8, 4) is 0 Å². The second-order valence-corrected chi connectivity index (χ2v) is 6.74. The lowest BCUT2D eigenvalue weighted by molar-refractivity contribution is -0.384. The maximum atomic E-state index is 12.3. The van der Waals surface area contributed by atoms with Gasteiger partial charge in [0, 0.05) is 25.6 Å². The smallest absolute Gasteiger partial charge is 0.347 e. The fourth-order valence-corrected chi connectivity index (χ4v) is 3.39. The van der Waals surface area contributed by atoms with Gasteiger partial charge in [-0.1, -0.05) is 12.8 Å². The van der Waals surface area contributed by atoms with Crippen LogP contribution in [0.4, 0.5) is 11.4 Å². The zero-order valence-electron chi connectivity index (χ0n) is 14.7. The number of anilines is 1. The van der Waals surface area contributed by atoms with Crippen LogP contribution in [0.25, 0.3) is 0 Å². The van der Waals surface area contributed by atoms with Gasteiger partial charge in [-0.3, -0.25) is 10.1 Å². The van der Waals surface area contributed by atoms with Crippen molar-refractivity contribution < 1.29 is 24.0 Å². The van der Waals surface area contributed by atoms with Crippen LogP contribution in [0.3, 0.4) is 0 Å². The van der Waals surface area contributed by atoms with Crippen LogP contribution < -0.4 is 4.90 Å². The Balaban J connectivity index is 1.80. The fourth-order valence-electron chi connectivity index (χ4n) is 3.39. The van der Waals surface area contributed by atoms with Crippen LogP contribution in [0, 0.1) is 10.1 Å². The lowest BCUT2D eigenvalue weighted by atomic mass is 10.1. The first-order chi connectivity index (χ1) is 12.5. The molecule has 8 nitrogen and oxygen atoms in total. The Morgan fingerprint density at radius 2 is 1.96 bits per heavy atom. The maximum Gasteiger partial charge on any atom is 0.347 e. The summed E-state index contributed by atoms with van der Waals surface area (Å²) < 4.78 is 10.1. The van der Waals surface area contributed by atoms with Gasteiger partial charge < -0.3 is 14.4 Å². The van der Waals surface area contributed by atoms with Crippen LogP contribution in [0.1, 0.15) is 49.4 Å². The highest BCUT2D eigenvalue weighted by Gasteiger charge is 2.35. The average Bonchev–Trinajstić information content (AvgIpc) is 2.81. The van der Waals surface area contributed by atoms with E-state index in [0.29, 0.717) is 12.1 Å². The SMILES string of the molecule is C[C@@H]1C[C@H](OC(=O)c2ccc(N3CCCCCC3)c([N+](=O)[O-])c2)C(=O)O1. The number of nitro benzene ring substituents is 1. The highest BCUT2D eigenvalue weighted by Crippen LogP contribution is 2.31. The normalized spacial score (nSPS) is 23.3. The molecule has 3 rings (SSSR count). The highest BCUT2D eigenvalue weighted by molar-refractivity contribution is 5.93. The van der Waals surface area contributed by atoms with E-state index < -0.39 is 23.0 Å². The number of hydrogen-bond donors (Lipinski definition) is 0. The van der Waals surface area contributed by atoms with Crippen molar-refractivity contribution in [1.29, 1.82) is 0 Å². The summed E-state index contributed by atoms with van der Waals surface area (Å²) in [6, 6.07) is 4.33. The molecule has 2 saturated heterocycles. The molecular weight excluding hydrogens is 340 g/mol. The number of nitro groups is 1. The lowest BCUT2D eigenvalue weighted by Gasteiger charge is -2.22. The molecular formula is C18H22N2O6.